The zero-order valence-corrected chi connectivity index (χ0v) is 9.34. The van der Waals surface area contributed by atoms with E-state index in [9.17, 15) is 4.39 Å². The van der Waals surface area contributed by atoms with Crippen molar-refractivity contribution in [1.29, 1.82) is 5.26 Å². The highest BCUT2D eigenvalue weighted by Crippen LogP contribution is 2.21. The molecule has 18 heavy (non-hydrogen) atoms. The second kappa shape index (κ2) is 3.97. The Kier molecular flexibility index (Phi) is 2.31. The smallest absolute Gasteiger partial charge is 0.143 e. The number of nitriles is 1. The molecule has 0 aliphatic carbocycles. The number of rotatable bonds is 1. The van der Waals surface area contributed by atoms with Crippen LogP contribution in [0.2, 0.25) is 0 Å². The Balaban J connectivity index is 2.34. The SMILES string of the molecule is N#Cc1c(F)cccc1-n1ncc2ccccc21. The van der Waals surface area contributed by atoms with Crippen LogP contribution in [0, 0.1) is 17.1 Å². The number of para-hydroxylation sites is 1. The third kappa shape index (κ3) is 1.45. The lowest BCUT2D eigenvalue weighted by atomic mass is 10.2. The highest BCUT2D eigenvalue weighted by molar-refractivity contribution is 5.80. The summed E-state index contributed by atoms with van der Waals surface area (Å²) in [4.78, 5) is 0. The van der Waals surface area contributed by atoms with Gasteiger partial charge in [-0.2, -0.15) is 10.4 Å². The molecule has 0 unspecified atom stereocenters. The van der Waals surface area contributed by atoms with Gasteiger partial charge < -0.3 is 0 Å². The van der Waals surface area contributed by atoms with Crippen molar-refractivity contribution in [2.24, 2.45) is 0 Å². The second-order valence-corrected chi connectivity index (χ2v) is 3.86. The number of aromatic nitrogens is 2. The summed E-state index contributed by atoms with van der Waals surface area (Å²) in [6, 6.07) is 14.0. The summed E-state index contributed by atoms with van der Waals surface area (Å²) in [6.07, 6.45) is 1.70. The van der Waals surface area contributed by atoms with Crippen LogP contribution in [0.1, 0.15) is 5.56 Å². The molecule has 0 atom stereocenters. The van der Waals surface area contributed by atoms with Crippen molar-refractivity contribution in [3.8, 4) is 11.8 Å². The van der Waals surface area contributed by atoms with Gasteiger partial charge in [-0.1, -0.05) is 24.3 Å². The Hall–Kier alpha value is -2.67. The zero-order valence-electron chi connectivity index (χ0n) is 9.34. The molecule has 1 heterocycles. The summed E-state index contributed by atoms with van der Waals surface area (Å²) in [5, 5.41) is 14.2. The van der Waals surface area contributed by atoms with Crippen LogP contribution >= 0.6 is 0 Å². The van der Waals surface area contributed by atoms with Gasteiger partial charge >= 0.3 is 0 Å². The fourth-order valence-electron chi connectivity index (χ4n) is 1.96. The van der Waals surface area contributed by atoms with Crippen molar-refractivity contribution < 1.29 is 4.39 Å². The molecule has 0 aliphatic rings. The van der Waals surface area contributed by atoms with E-state index in [1.165, 1.54) is 6.07 Å². The van der Waals surface area contributed by atoms with Gasteiger partial charge in [-0.25, -0.2) is 9.07 Å². The molecule has 0 radical (unpaired) electrons. The Bertz CT molecular complexity index is 768. The zero-order chi connectivity index (χ0) is 12.5. The quantitative estimate of drug-likeness (QED) is 0.652. The predicted octanol–water partition coefficient (Wildman–Crippen LogP) is 3.04. The molecule has 0 saturated heterocycles. The Morgan fingerprint density at radius 2 is 1.94 bits per heavy atom. The van der Waals surface area contributed by atoms with Crippen molar-refractivity contribution in [3.63, 3.8) is 0 Å². The van der Waals surface area contributed by atoms with Crippen LogP contribution in [0.4, 0.5) is 4.39 Å². The van der Waals surface area contributed by atoms with Gasteiger partial charge in [-0.3, -0.25) is 0 Å². The van der Waals surface area contributed by atoms with Crippen molar-refractivity contribution in [2.45, 2.75) is 0 Å². The number of hydrogen-bond acceptors (Lipinski definition) is 2. The van der Waals surface area contributed by atoms with Crippen LogP contribution in [-0.2, 0) is 0 Å². The molecule has 3 nitrogen and oxygen atoms in total. The van der Waals surface area contributed by atoms with E-state index in [0.29, 0.717) is 5.69 Å². The summed E-state index contributed by atoms with van der Waals surface area (Å²) in [7, 11) is 0. The second-order valence-electron chi connectivity index (χ2n) is 3.86. The first-order valence-corrected chi connectivity index (χ1v) is 5.43. The van der Waals surface area contributed by atoms with Crippen molar-refractivity contribution >= 4 is 10.9 Å². The maximum atomic E-state index is 13.6. The molecule has 3 rings (SSSR count). The van der Waals surface area contributed by atoms with Crippen LogP contribution in [0.25, 0.3) is 16.6 Å². The minimum atomic E-state index is -0.533. The summed E-state index contributed by atoms with van der Waals surface area (Å²) < 4.78 is 15.2. The van der Waals surface area contributed by atoms with Gasteiger partial charge in [0.25, 0.3) is 0 Å². The first kappa shape index (κ1) is 10.5. The van der Waals surface area contributed by atoms with Crippen molar-refractivity contribution in [1.82, 2.24) is 9.78 Å². The van der Waals surface area contributed by atoms with Gasteiger partial charge in [0, 0.05) is 5.39 Å². The molecule has 86 valence electrons. The molecular formula is C14H8FN3. The lowest BCUT2D eigenvalue weighted by molar-refractivity contribution is 0.621. The van der Waals surface area contributed by atoms with E-state index < -0.39 is 5.82 Å². The third-order valence-electron chi connectivity index (χ3n) is 2.81. The summed E-state index contributed by atoms with van der Waals surface area (Å²) in [6.45, 7) is 0. The summed E-state index contributed by atoms with van der Waals surface area (Å²) in [5.41, 5.74) is 1.31. The predicted molar refractivity (Wildman–Crippen MR) is 65.7 cm³/mol. The van der Waals surface area contributed by atoms with Gasteiger partial charge in [0.15, 0.2) is 0 Å². The number of halogens is 1. The lowest BCUT2D eigenvalue weighted by Gasteiger charge is -2.06. The van der Waals surface area contributed by atoms with Crippen LogP contribution in [0.3, 0.4) is 0 Å². The topological polar surface area (TPSA) is 41.6 Å². The Morgan fingerprint density at radius 1 is 1.11 bits per heavy atom. The molecule has 2 aromatic carbocycles. The fourth-order valence-corrected chi connectivity index (χ4v) is 1.96. The minimum absolute atomic E-state index is 0.00588. The maximum absolute atomic E-state index is 13.6. The van der Waals surface area contributed by atoms with Crippen LogP contribution in [0.5, 0.6) is 0 Å². The molecule has 4 heteroatoms. The Morgan fingerprint density at radius 3 is 2.78 bits per heavy atom. The maximum Gasteiger partial charge on any atom is 0.143 e. The molecule has 0 fully saturated rings. The lowest BCUT2D eigenvalue weighted by Crippen LogP contribution is -2.01. The van der Waals surface area contributed by atoms with Gasteiger partial charge in [-0.05, 0) is 18.2 Å². The molecule has 0 saturated carbocycles. The first-order chi connectivity index (χ1) is 8.81. The van der Waals surface area contributed by atoms with Crippen molar-refractivity contribution in [3.05, 3.63) is 60.0 Å². The van der Waals surface area contributed by atoms with Gasteiger partial charge in [0.05, 0.1) is 17.4 Å². The normalized spacial score (nSPS) is 10.4. The number of nitrogens with zero attached hydrogens (tertiary/aromatic N) is 3. The first-order valence-electron chi connectivity index (χ1n) is 5.43. The van der Waals surface area contributed by atoms with Crippen LogP contribution in [-0.4, -0.2) is 9.78 Å². The van der Waals surface area contributed by atoms with E-state index in [1.54, 1.807) is 23.0 Å². The largest absolute Gasteiger partial charge is 0.232 e. The highest BCUT2D eigenvalue weighted by atomic mass is 19.1. The number of benzene rings is 2. The van der Waals surface area contributed by atoms with Gasteiger partial charge in [0.1, 0.15) is 17.4 Å². The fraction of sp³-hybridized carbons (Fsp3) is 0. The van der Waals surface area contributed by atoms with E-state index in [-0.39, 0.29) is 5.56 Å². The van der Waals surface area contributed by atoms with Crippen molar-refractivity contribution in [2.75, 3.05) is 0 Å². The standard InChI is InChI=1S/C14H8FN3/c15-12-5-3-7-14(11(12)8-16)18-13-6-2-1-4-10(13)9-17-18/h1-7,9H. The monoisotopic (exact) mass is 237 g/mol. The molecule has 0 amide bonds. The van der Waals surface area contributed by atoms with E-state index >= 15 is 0 Å². The van der Waals surface area contributed by atoms with Gasteiger partial charge in [-0.15, -0.1) is 0 Å². The molecule has 0 aliphatic heterocycles. The van der Waals surface area contributed by atoms with E-state index in [4.69, 9.17) is 5.26 Å². The molecule has 0 N–H and O–H groups in total. The molecule has 0 spiro atoms. The summed E-state index contributed by atoms with van der Waals surface area (Å²) >= 11 is 0. The van der Waals surface area contributed by atoms with E-state index in [0.717, 1.165) is 10.9 Å². The number of fused-ring (bicyclic) bond motifs is 1. The third-order valence-corrected chi connectivity index (χ3v) is 2.81. The number of hydrogen-bond donors (Lipinski definition) is 0. The molecule has 3 aromatic rings. The van der Waals surface area contributed by atoms with Crippen LogP contribution in [0.15, 0.2) is 48.7 Å². The average molecular weight is 237 g/mol. The highest BCUT2D eigenvalue weighted by Gasteiger charge is 2.12. The average Bonchev–Trinajstić information content (AvgIpc) is 2.82. The minimum Gasteiger partial charge on any atom is -0.232 e. The van der Waals surface area contributed by atoms with Gasteiger partial charge in [0.2, 0.25) is 0 Å². The molecule has 0 bridgehead atoms. The Labute approximate surface area is 103 Å². The van der Waals surface area contributed by atoms with Crippen LogP contribution < -0.4 is 0 Å². The summed E-state index contributed by atoms with van der Waals surface area (Å²) in [5.74, 6) is -0.533. The van der Waals surface area contributed by atoms with E-state index in [2.05, 4.69) is 5.10 Å². The molecular weight excluding hydrogens is 229 g/mol. The molecule has 1 aromatic heterocycles. The van der Waals surface area contributed by atoms with E-state index in [1.807, 2.05) is 30.3 Å².